The Morgan fingerprint density at radius 3 is 1.83 bits per heavy atom. The van der Waals surface area contributed by atoms with Crippen molar-refractivity contribution in [1.29, 1.82) is 0 Å². The molecule has 228 valence electrons. The van der Waals surface area contributed by atoms with E-state index in [1.54, 1.807) is 0 Å². The Balaban J connectivity index is 1.52. The van der Waals surface area contributed by atoms with Crippen LogP contribution in [0.2, 0.25) is 0 Å². The summed E-state index contributed by atoms with van der Waals surface area (Å²) in [6.45, 7) is 2.89. The van der Waals surface area contributed by atoms with E-state index in [1.165, 1.54) is 6.07 Å². The molecule has 3 aromatic carbocycles. The maximum absolute atomic E-state index is 15.0. The molecule has 0 N–H and O–H groups in total. The van der Waals surface area contributed by atoms with Gasteiger partial charge in [-0.25, -0.2) is 22.0 Å². The molecule has 4 rings (SSSR count). The molecule has 0 atom stereocenters. The van der Waals surface area contributed by atoms with Gasteiger partial charge in [0.25, 0.3) is 0 Å². The fraction of sp³-hybridized carbons (Fsp3) is 0.379. The SMILES string of the molecule is CCCCCC1COC(c2ccc(-c3cc(F)c(C(F)(F)Oc4cc(F)c(C(F)(F)F)c(F)c4)c(F)c3)c(F)c2)OC1. The smallest absolute Gasteiger partial charge is 0.429 e. The molecule has 1 saturated heterocycles. The summed E-state index contributed by atoms with van der Waals surface area (Å²) in [6.07, 6.45) is -7.19. The highest BCUT2D eigenvalue weighted by atomic mass is 19.4. The van der Waals surface area contributed by atoms with Gasteiger partial charge in [0.05, 0.1) is 13.2 Å². The minimum Gasteiger partial charge on any atom is -0.429 e. The standard InChI is InChI=1S/C29H24F10O3/c1-2-3-4-5-15-13-40-27(41-14-15)16-6-7-19(20(30)8-16)17-9-21(31)26(22(32)10-17)29(38,39)42-18-11-23(33)25(24(34)12-18)28(35,36)37/h6-12,15,27H,2-5,13-14H2,1H3. The van der Waals surface area contributed by atoms with Gasteiger partial charge in [-0.3, -0.25) is 0 Å². The lowest BCUT2D eigenvalue weighted by molar-refractivity contribution is -0.206. The van der Waals surface area contributed by atoms with Crippen molar-refractivity contribution in [3.8, 4) is 16.9 Å². The third kappa shape index (κ3) is 7.00. The summed E-state index contributed by atoms with van der Waals surface area (Å²) in [5, 5.41) is 0. The minimum absolute atomic E-state index is 0.195. The Bertz CT molecular complexity index is 1370. The van der Waals surface area contributed by atoms with Gasteiger partial charge in [-0.2, -0.15) is 22.0 Å². The van der Waals surface area contributed by atoms with Gasteiger partial charge in [0.15, 0.2) is 6.29 Å². The predicted molar refractivity (Wildman–Crippen MR) is 130 cm³/mol. The van der Waals surface area contributed by atoms with Crippen LogP contribution < -0.4 is 4.74 Å². The second-order valence-electron chi connectivity index (χ2n) is 9.79. The molecule has 0 aromatic heterocycles. The van der Waals surface area contributed by atoms with E-state index in [1.807, 2.05) is 0 Å². The zero-order valence-electron chi connectivity index (χ0n) is 21.9. The number of alkyl halides is 5. The Hall–Kier alpha value is -3.32. The molecule has 0 radical (unpaired) electrons. The van der Waals surface area contributed by atoms with Crippen molar-refractivity contribution in [3.05, 3.63) is 88.2 Å². The van der Waals surface area contributed by atoms with Crippen LogP contribution >= 0.6 is 0 Å². The minimum atomic E-state index is -5.48. The monoisotopic (exact) mass is 610 g/mol. The fourth-order valence-electron chi connectivity index (χ4n) is 4.58. The Labute approximate surface area is 234 Å². The molecule has 0 unspecified atom stereocenters. The number of benzene rings is 3. The average Bonchev–Trinajstić information content (AvgIpc) is 2.87. The van der Waals surface area contributed by atoms with Gasteiger partial charge < -0.3 is 14.2 Å². The highest BCUT2D eigenvalue weighted by Crippen LogP contribution is 2.40. The quantitative estimate of drug-likeness (QED) is 0.179. The molecule has 1 heterocycles. The molecule has 13 heteroatoms. The van der Waals surface area contributed by atoms with Crippen LogP contribution in [0, 0.1) is 35.0 Å². The predicted octanol–water partition coefficient (Wildman–Crippen LogP) is 9.44. The zero-order valence-corrected chi connectivity index (χ0v) is 21.9. The van der Waals surface area contributed by atoms with E-state index in [0.717, 1.165) is 37.8 Å². The van der Waals surface area contributed by atoms with Gasteiger partial charge in [0.1, 0.15) is 46.0 Å². The summed E-state index contributed by atoms with van der Waals surface area (Å²) in [5.74, 6) is -10.6. The molecule has 3 aromatic rings. The van der Waals surface area contributed by atoms with Gasteiger partial charge in [0, 0.05) is 29.2 Å². The van der Waals surface area contributed by atoms with E-state index < -0.39 is 70.1 Å². The van der Waals surface area contributed by atoms with Gasteiger partial charge >= 0.3 is 12.3 Å². The molecule has 0 amide bonds. The van der Waals surface area contributed by atoms with Crippen molar-refractivity contribution in [2.75, 3.05) is 13.2 Å². The maximum Gasteiger partial charge on any atom is 0.432 e. The van der Waals surface area contributed by atoms with E-state index in [0.29, 0.717) is 25.3 Å². The van der Waals surface area contributed by atoms with Gasteiger partial charge in [-0.1, -0.05) is 38.3 Å². The summed E-state index contributed by atoms with van der Waals surface area (Å²) in [5.41, 5.74) is -4.91. The molecule has 0 bridgehead atoms. The molecule has 1 aliphatic rings. The van der Waals surface area contributed by atoms with Gasteiger partial charge in [0.2, 0.25) is 0 Å². The summed E-state index contributed by atoms with van der Waals surface area (Å²) in [6, 6.07) is 3.93. The number of ether oxygens (including phenoxy) is 3. The molecule has 0 spiro atoms. The van der Waals surface area contributed by atoms with Crippen LogP contribution in [-0.2, 0) is 21.8 Å². The maximum atomic E-state index is 15.0. The van der Waals surface area contributed by atoms with Crippen molar-refractivity contribution in [2.45, 2.75) is 51.2 Å². The van der Waals surface area contributed by atoms with Crippen molar-refractivity contribution < 1.29 is 58.1 Å². The number of unbranched alkanes of at least 4 members (excludes halogenated alkanes) is 2. The first-order valence-corrected chi connectivity index (χ1v) is 12.9. The molecule has 3 nitrogen and oxygen atoms in total. The second-order valence-corrected chi connectivity index (χ2v) is 9.79. The van der Waals surface area contributed by atoms with Crippen molar-refractivity contribution in [3.63, 3.8) is 0 Å². The van der Waals surface area contributed by atoms with Crippen LogP contribution in [-0.4, -0.2) is 13.2 Å². The zero-order chi connectivity index (χ0) is 30.8. The first-order chi connectivity index (χ1) is 19.7. The van der Waals surface area contributed by atoms with E-state index in [9.17, 15) is 43.9 Å². The van der Waals surface area contributed by atoms with Crippen molar-refractivity contribution in [1.82, 2.24) is 0 Å². The summed E-state index contributed by atoms with van der Waals surface area (Å²) in [7, 11) is 0. The Kier molecular flexibility index (Phi) is 9.41. The first kappa shape index (κ1) is 31.6. The number of hydrogen-bond donors (Lipinski definition) is 0. The molecule has 1 fully saturated rings. The van der Waals surface area contributed by atoms with Crippen LogP contribution in [0.15, 0.2) is 42.5 Å². The van der Waals surface area contributed by atoms with E-state index in [4.69, 9.17) is 9.47 Å². The van der Waals surface area contributed by atoms with E-state index in [2.05, 4.69) is 11.7 Å². The molecular formula is C29H24F10O3. The largest absolute Gasteiger partial charge is 0.432 e. The molecular weight excluding hydrogens is 586 g/mol. The molecule has 0 saturated carbocycles. The van der Waals surface area contributed by atoms with Gasteiger partial charge in [-0.05, 0) is 30.2 Å². The lowest BCUT2D eigenvalue weighted by atomic mass is 9.99. The lowest BCUT2D eigenvalue weighted by Crippen LogP contribution is -2.27. The second kappa shape index (κ2) is 12.5. The highest BCUT2D eigenvalue weighted by molar-refractivity contribution is 5.65. The third-order valence-electron chi connectivity index (χ3n) is 6.64. The van der Waals surface area contributed by atoms with Crippen LogP contribution in [0.5, 0.6) is 5.75 Å². The van der Waals surface area contributed by atoms with E-state index >= 15 is 0 Å². The Morgan fingerprint density at radius 1 is 0.738 bits per heavy atom. The number of hydrogen-bond acceptors (Lipinski definition) is 3. The summed E-state index contributed by atoms with van der Waals surface area (Å²) < 4.78 is 155. The Morgan fingerprint density at radius 2 is 1.31 bits per heavy atom. The van der Waals surface area contributed by atoms with E-state index in [-0.39, 0.29) is 29.2 Å². The summed E-state index contributed by atoms with van der Waals surface area (Å²) >= 11 is 0. The molecule has 1 aliphatic heterocycles. The van der Waals surface area contributed by atoms with Crippen molar-refractivity contribution in [2.24, 2.45) is 5.92 Å². The normalized spacial score (nSPS) is 17.9. The number of rotatable bonds is 9. The topological polar surface area (TPSA) is 27.7 Å². The highest BCUT2D eigenvalue weighted by Gasteiger charge is 2.43. The average molecular weight is 610 g/mol. The van der Waals surface area contributed by atoms with Crippen LogP contribution in [0.3, 0.4) is 0 Å². The molecule has 42 heavy (non-hydrogen) atoms. The van der Waals surface area contributed by atoms with Crippen LogP contribution in [0.25, 0.3) is 11.1 Å². The van der Waals surface area contributed by atoms with Crippen LogP contribution in [0.1, 0.15) is 55.6 Å². The van der Waals surface area contributed by atoms with Crippen LogP contribution in [0.4, 0.5) is 43.9 Å². The van der Waals surface area contributed by atoms with Crippen molar-refractivity contribution >= 4 is 0 Å². The number of halogens is 10. The molecule has 0 aliphatic carbocycles. The summed E-state index contributed by atoms with van der Waals surface area (Å²) in [4.78, 5) is 0. The first-order valence-electron chi connectivity index (χ1n) is 12.9. The van der Waals surface area contributed by atoms with Gasteiger partial charge in [-0.15, -0.1) is 0 Å². The lowest BCUT2D eigenvalue weighted by Gasteiger charge is -2.29. The fourth-order valence-corrected chi connectivity index (χ4v) is 4.58. The third-order valence-corrected chi connectivity index (χ3v) is 6.64.